The van der Waals surface area contributed by atoms with Gasteiger partial charge in [0.05, 0.1) is 11.9 Å². The number of ether oxygens (including phenoxy) is 2. The number of rotatable bonds is 6. The molecule has 1 atom stereocenters. The lowest BCUT2D eigenvalue weighted by atomic mass is 9.87. The van der Waals surface area contributed by atoms with E-state index < -0.39 is 11.9 Å². The normalized spacial score (nSPS) is 19.4. The van der Waals surface area contributed by atoms with Crippen LogP contribution in [0.25, 0.3) is 0 Å². The van der Waals surface area contributed by atoms with Gasteiger partial charge in [0.1, 0.15) is 23.2 Å². The van der Waals surface area contributed by atoms with Gasteiger partial charge in [-0.05, 0) is 49.3 Å². The van der Waals surface area contributed by atoms with E-state index >= 15 is 0 Å². The Balaban J connectivity index is 1.15. The molecule has 1 saturated heterocycles. The first kappa shape index (κ1) is 26.2. The number of hydrogen-bond acceptors (Lipinski definition) is 9. The molecule has 1 N–H and O–H groups in total. The van der Waals surface area contributed by atoms with Crippen LogP contribution in [-0.2, 0) is 28.7 Å². The summed E-state index contributed by atoms with van der Waals surface area (Å²) in [6.45, 7) is 2.39. The van der Waals surface area contributed by atoms with Gasteiger partial charge in [0.25, 0.3) is 0 Å². The van der Waals surface area contributed by atoms with E-state index in [4.69, 9.17) is 19.4 Å². The Morgan fingerprint density at radius 1 is 1.10 bits per heavy atom. The standard InChI is InChI=1S/C27H28F3N7O3/c1-36-22(17-8-11-39-12-9-17)25(38)37-10-2-3-19-23(37)24(36)35-26(34-19)33-14-16-4-7-21(32-13-16)40-18-5-6-20(31-15-18)27(28,29)30/h4-7,13,15,17,22H,2-3,8-12,14H2,1H3,(H,33,34,35). The van der Waals surface area contributed by atoms with E-state index in [0.717, 1.165) is 60.7 Å². The van der Waals surface area contributed by atoms with Crippen molar-refractivity contribution in [2.45, 2.75) is 44.4 Å². The lowest BCUT2D eigenvalue weighted by Gasteiger charge is -2.46. The van der Waals surface area contributed by atoms with Crippen LogP contribution < -0.4 is 19.9 Å². The minimum atomic E-state index is -4.51. The van der Waals surface area contributed by atoms with Crippen molar-refractivity contribution in [1.82, 2.24) is 19.9 Å². The zero-order valence-corrected chi connectivity index (χ0v) is 21.8. The van der Waals surface area contributed by atoms with E-state index in [-0.39, 0.29) is 29.5 Å². The summed E-state index contributed by atoms with van der Waals surface area (Å²) in [4.78, 5) is 34.6. The summed E-state index contributed by atoms with van der Waals surface area (Å²) in [5, 5.41) is 3.27. The van der Waals surface area contributed by atoms with Crippen molar-refractivity contribution in [3.8, 4) is 11.6 Å². The molecule has 6 rings (SSSR count). The molecule has 1 amide bonds. The van der Waals surface area contributed by atoms with Crippen LogP contribution in [0, 0.1) is 5.92 Å². The lowest BCUT2D eigenvalue weighted by Crippen LogP contribution is -2.57. The molecule has 0 saturated carbocycles. The number of halogens is 3. The summed E-state index contributed by atoms with van der Waals surface area (Å²) in [5.74, 6) is 1.94. The minimum Gasteiger partial charge on any atom is -0.437 e. The van der Waals surface area contributed by atoms with Crippen molar-refractivity contribution in [1.29, 1.82) is 0 Å². The summed E-state index contributed by atoms with van der Waals surface area (Å²) in [5.41, 5.74) is 1.51. The van der Waals surface area contributed by atoms with E-state index in [1.54, 1.807) is 18.3 Å². The molecule has 3 aromatic heterocycles. The fourth-order valence-electron chi connectivity index (χ4n) is 5.49. The van der Waals surface area contributed by atoms with Gasteiger partial charge in [-0.25, -0.2) is 15.0 Å². The second-order valence-electron chi connectivity index (χ2n) is 10.1. The predicted octanol–water partition coefficient (Wildman–Crippen LogP) is 4.21. The molecule has 3 aromatic rings. The minimum absolute atomic E-state index is 0.118. The summed E-state index contributed by atoms with van der Waals surface area (Å²) in [6.07, 6.45) is 1.41. The van der Waals surface area contributed by atoms with Crippen LogP contribution in [-0.4, -0.2) is 58.7 Å². The third-order valence-corrected chi connectivity index (χ3v) is 7.48. The molecule has 13 heteroatoms. The predicted molar refractivity (Wildman–Crippen MR) is 139 cm³/mol. The highest BCUT2D eigenvalue weighted by molar-refractivity contribution is 6.06. The largest absolute Gasteiger partial charge is 0.437 e. The highest BCUT2D eigenvalue weighted by Crippen LogP contribution is 2.42. The number of hydrogen-bond donors (Lipinski definition) is 1. The number of likely N-dealkylation sites (N-methyl/N-ethyl adjacent to an activating group) is 1. The van der Waals surface area contributed by atoms with E-state index in [1.807, 2.05) is 16.8 Å². The Hall–Kier alpha value is -4.00. The van der Waals surface area contributed by atoms with Crippen molar-refractivity contribution < 1.29 is 27.4 Å². The molecule has 0 bridgehead atoms. The average Bonchev–Trinajstić information content (AvgIpc) is 2.96. The Kier molecular flexibility index (Phi) is 6.90. The number of amides is 1. The summed E-state index contributed by atoms with van der Waals surface area (Å²) in [6, 6.07) is 5.20. The van der Waals surface area contributed by atoms with Gasteiger partial charge in [-0.3, -0.25) is 4.79 Å². The van der Waals surface area contributed by atoms with Crippen LogP contribution in [0.4, 0.5) is 30.6 Å². The monoisotopic (exact) mass is 555 g/mol. The molecule has 3 aliphatic rings. The molecule has 1 fully saturated rings. The number of nitrogens with one attached hydrogen (secondary N) is 1. The Labute approximate surface area is 228 Å². The number of carbonyl (C=O) groups excluding carboxylic acids is 1. The summed E-state index contributed by atoms with van der Waals surface area (Å²) >= 11 is 0. The highest BCUT2D eigenvalue weighted by Gasteiger charge is 2.44. The Morgan fingerprint density at radius 3 is 2.62 bits per heavy atom. The van der Waals surface area contributed by atoms with Crippen molar-refractivity contribution in [2.75, 3.05) is 41.9 Å². The third kappa shape index (κ3) is 5.12. The van der Waals surface area contributed by atoms with Gasteiger partial charge in [0, 0.05) is 45.6 Å². The SMILES string of the molecule is CN1c2nc(NCc3ccc(Oc4ccc(C(F)(F)F)nc4)nc3)nc3c2N(CCC3)C(=O)C1C1CCOCC1. The summed E-state index contributed by atoms with van der Waals surface area (Å²) in [7, 11) is 1.94. The summed E-state index contributed by atoms with van der Waals surface area (Å²) < 4.78 is 49.2. The van der Waals surface area contributed by atoms with Crippen LogP contribution in [0.1, 0.15) is 36.2 Å². The first-order valence-corrected chi connectivity index (χ1v) is 13.2. The Bertz CT molecular complexity index is 1380. The van der Waals surface area contributed by atoms with Gasteiger partial charge < -0.3 is 24.6 Å². The van der Waals surface area contributed by atoms with Crippen molar-refractivity contribution in [3.63, 3.8) is 0 Å². The fourth-order valence-corrected chi connectivity index (χ4v) is 5.49. The van der Waals surface area contributed by atoms with Gasteiger partial charge in [0.15, 0.2) is 5.82 Å². The maximum atomic E-state index is 13.5. The number of pyridine rings is 2. The van der Waals surface area contributed by atoms with E-state index in [2.05, 4.69) is 15.3 Å². The van der Waals surface area contributed by atoms with Gasteiger partial charge in [-0.1, -0.05) is 6.07 Å². The number of anilines is 3. The number of alkyl halides is 3. The number of carbonyl (C=O) groups is 1. The molecule has 40 heavy (non-hydrogen) atoms. The molecule has 0 radical (unpaired) electrons. The van der Waals surface area contributed by atoms with Crippen LogP contribution in [0.15, 0.2) is 36.7 Å². The van der Waals surface area contributed by atoms with Crippen LogP contribution in [0.5, 0.6) is 11.6 Å². The zero-order valence-electron chi connectivity index (χ0n) is 21.8. The smallest absolute Gasteiger partial charge is 0.433 e. The van der Waals surface area contributed by atoms with E-state index in [1.165, 1.54) is 6.07 Å². The molecule has 6 heterocycles. The molecule has 0 aliphatic carbocycles. The molecule has 0 aromatic carbocycles. The van der Waals surface area contributed by atoms with Crippen LogP contribution in [0.2, 0.25) is 0 Å². The second kappa shape index (κ2) is 10.5. The highest BCUT2D eigenvalue weighted by atomic mass is 19.4. The Morgan fingerprint density at radius 2 is 1.93 bits per heavy atom. The number of nitrogens with zero attached hydrogens (tertiary/aromatic N) is 6. The van der Waals surface area contributed by atoms with E-state index in [9.17, 15) is 18.0 Å². The molecule has 10 nitrogen and oxygen atoms in total. The quantitative estimate of drug-likeness (QED) is 0.479. The fraction of sp³-hybridized carbons (Fsp3) is 0.444. The zero-order chi connectivity index (χ0) is 27.9. The first-order valence-electron chi connectivity index (χ1n) is 13.2. The lowest BCUT2D eigenvalue weighted by molar-refractivity contribution is -0.141. The van der Waals surface area contributed by atoms with Crippen LogP contribution >= 0.6 is 0 Å². The maximum absolute atomic E-state index is 13.5. The van der Waals surface area contributed by atoms with Gasteiger partial charge in [0.2, 0.25) is 17.7 Å². The van der Waals surface area contributed by atoms with Gasteiger partial charge >= 0.3 is 6.18 Å². The molecule has 3 aliphatic heterocycles. The number of aryl methyl sites for hydroxylation is 1. The molecular formula is C27H28F3N7O3. The second-order valence-corrected chi connectivity index (χ2v) is 10.1. The molecule has 1 unspecified atom stereocenters. The first-order chi connectivity index (χ1) is 19.3. The van der Waals surface area contributed by atoms with E-state index in [0.29, 0.717) is 32.3 Å². The topological polar surface area (TPSA) is 106 Å². The van der Waals surface area contributed by atoms with Crippen molar-refractivity contribution in [2.24, 2.45) is 5.92 Å². The van der Waals surface area contributed by atoms with Crippen molar-refractivity contribution in [3.05, 3.63) is 53.6 Å². The molecule has 210 valence electrons. The van der Waals surface area contributed by atoms with Gasteiger partial charge in [-0.15, -0.1) is 0 Å². The molecular weight excluding hydrogens is 527 g/mol. The average molecular weight is 556 g/mol. The van der Waals surface area contributed by atoms with Gasteiger partial charge in [-0.2, -0.15) is 18.2 Å². The third-order valence-electron chi connectivity index (χ3n) is 7.48. The number of aromatic nitrogens is 4. The molecule has 0 spiro atoms. The van der Waals surface area contributed by atoms with Crippen molar-refractivity contribution >= 4 is 23.4 Å². The van der Waals surface area contributed by atoms with Crippen LogP contribution in [0.3, 0.4) is 0 Å². The maximum Gasteiger partial charge on any atom is 0.433 e.